The first-order valence-corrected chi connectivity index (χ1v) is 6.55. The van der Waals surface area contributed by atoms with Crippen molar-refractivity contribution >= 4 is 0 Å². The van der Waals surface area contributed by atoms with Crippen molar-refractivity contribution in [3.8, 4) is 0 Å². The van der Waals surface area contributed by atoms with Crippen LogP contribution < -0.4 is 5.32 Å². The van der Waals surface area contributed by atoms with Crippen LogP contribution in [0.25, 0.3) is 0 Å². The number of ether oxygens (including phenoxy) is 1. The standard InChI is InChI=1S/C13H27NO/c1-11(2)12(3)14-9-6-8-13-7-4-5-10-15-13/h11-14H,4-10H2,1-3H3. The van der Waals surface area contributed by atoms with E-state index in [2.05, 4.69) is 26.1 Å². The summed E-state index contributed by atoms with van der Waals surface area (Å²) in [5, 5.41) is 3.57. The first kappa shape index (κ1) is 13.0. The van der Waals surface area contributed by atoms with E-state index in [4.69, 9.17) is 4.74 Å². The van der Waals surface area contributed by atoms with E-state index in [1.165, 1.54) is 32.1 Å². The van der Waals surface area contributed by atoms with Gasteiger partial charge in [0.15, 0.2) is 0 Å². The molecule has 1 fully saturated rings. The minimum Gasteiger partial charge on any atom is -0.378 e. The second-order valence-electron chi connectivity index (χ2n) is 5.12. The SMILES string of the molecule is CC(C)C(C)NCCCC1CCCCO1. The van der Waals surface area contributed by atoms with E-state index in [1.807, 2.05) is 0 Å². The molecule has 1 rings (SSSR count). The van der Waals surface area contributed by atoms with Gasteiger partial charge in [0, 0.05) is 12.6 Å². The molecule has 0 aromatic carbocycles. The van der Waals surface area contributed by atoms with Crippen molar-refractivity contribution in [2.24, 2.45) is 5.92 Å². The van der Waals surface area contributed by atoms with Crippen LogP contribution in [-0.2, 0) is 4.74 Å². The Labute approximate surface area is 94.8 Å². The molecule has 0 radical (unpaired) electrons. The fourth-order valence-corrected chi connectivity index (χ4v) is 1.93. The molecule has 15 heavy (non-hydrogen) atoms. The lowest BCUT2D eigenvalue weighted by Crippen LogP contribution is -2.32. The lowest BCUT2D eigenvalue weighted by atomic mass is 10.0. The molecule has 2 unspecified atom stereocenters. The number of rotatable bonds is 6. The molecule has 0 aliphatic carbocycles. The highest BCUT2D eigenvalue weighted by atomic mass is 16.5. The highest BCUT2D eigenvalue weighted by molar-refractivity contribution is 4.67. The van der Waals surface area contributed by atoms with Crippen LogP contribution in [0.5, 0.6) is 0 Å². The van der Waals surface area contributed by atoms with E-state index in [9.17, 15) is 0 Å². The molecule has 1 aliphatic heterocycles. The van der Waals surface area contributed by atoms with Crippen molar-refractivity contribution in [1.29, 1.82) is 0 Å². The van der Waals surface area contributed by atoms with E-state index in [0.29, 0.717) is 12.1 Å². The molecule has 90 valence electrons. The van der Waals surface area contributed by atoms with Gasteiger partial charge in [-0.15, -0.1) is 0 Å². The van der Waals surface area contributed by atoms with Crippen molar-refractivity contribution in [3.63, 3.8) is 0 Å². The smallest absolute Gasteiger partial charge is 0.0575 e. The maximum Gasteiger partial charge on any atom is 0.0575 e. The fraction of sp³-hybridized carbons (Fsp3) is 1.00. The Morgan fingerprint density at radius 2 is 2.07 bits per heavy atom. The summed E-state index contributed by atoms with van der Waals surface area (Å²) in [7, 11) is 0. The molecule has 1 heterocycles. The minimum absolute atomic E-state index is 0.551. The predicted molar refractivity (Wildman–Crippen MR) is 65.1 cm³/mol. The zero-order valence-corrected chi connectivity index (χ0v) is 10.6. The Kier molecular flexibility index (Phi) is 6.26. The Balaban J connectivity index is 1.96. The van der Waals surface area contributed by atoms with E-state index >= 15 is 0 Å². The lowest BCUT2D eigenvalue weighted by molar-refractivity contribution is 0.0101. The maximum atomic E-state index is 5.70. The minimum atomic E-state index is 0.551. The average molecular weight is 213 g/mol. The summed E-state index contributed by atoms with van der Waals surface area (Å²) in [5.74, 6) is 0.732. The van der Waals surface area contributed by atoms with Gasteiger partial charge in [-0.25, -0.2) is 0 Å². The van der Waals surface area contributed by atoms with Gasteiger partial charge >= 0.3 is 0 Å². The highest BCUT2D eigenvalue weighted by Crippen LogP contribution is 2.16. The Morgan fingerprint density at radius 3 is 2.67 bits per heavy atom. The van der Waals surface area contributed by atoms with Gasteiger partial charge in [0.1, 0.15) is 0 Å². The van der Waals surface area contributed by atoms with Crippen molar-refractivity contribution < 1.29 is 4.74 Å². The molecule has 0 saturated carbocycles. The van der Waals surface area contributed by atoms with Gasteiger partial charge < -0.3 is 10.1 Å². The monoisotopic (exact) mass is 213 g/mol. The quantitative estimate of drug-likeness (QED) is 0.685. The summed E-state index contributed by atoms with van der Waals surface area (Å²) in [5.41, 5.74) is 0. The molecule has 2 heteroatoms. The third-order valence-corrected chi connectivity index (χ3v) is 3.44. The van der Waals surface area contributed by atoms with Gasteiger partial charge in [0.25, 0.3) is 0 Å². The molecular weight excluding hydrogens is 186 g/mol. The topological polar surface area (TPSA) is 21.3 Å². The zero-order chi connectivity index (χ0) is 11.1. The van der Waals surface area contributed by atoms with Gasteiger partial charge in [-0.3, -0.25) is 0 Å². The molecule has 0 spiro atoms. The molecule has 1 saturated heterocycles. The van der Waals surface area contributed by atoms with Crippen LogP contribution in [-0.4, -0.2) is 25.3 Å². The second-order valence-corrected chi connectivity index (χ2v) is 5.12. The number of nitrogens with one attached hydrogen (secondary N) is 1. The predicted octanol–water partition coefficient (Wildman–Crippen LogP) is 2.97. The molecule has 1 aliphatic rings. The first-order valence-electron chi connectivity index (χ1n) is 6.55. The molecule has 0 aromatic heterocycles. The van der Waals surface area contributed by atoms with Crippen LogP contribution in [0.3, 0.4) is 0 Å². The van der Waals surface area contributed by atoms with E-state index in [1.54, 1.807) is 0 Å². The lowest BCUT2D eigenvalue weighted by Gasteiger charge is -2.23. The number of hydrogen-bond donors (Lipinski definition) is 1. The van der Waals surface area contributed by atoms with Crippen LogP contribution in [0.2, 0.25) is 0 Å². The van der Waals surface area contributed by atoms with Gasteiger partial charge in [-0.2, -0.15) is 0 Å². The van der Waals surface area contributed by atoms with Crippen molar-refractivity contribution in [2.45, 2.75) is 65.0 Å². The van der Waals surface area contributed by atoms with Crippen LogP contribution in [0.15, 0.2) is 0 Å². The van der Waals surface area contributed by atoms with Crippen LogP contribution in [0.1, 0.15) is 52.9 Å². The molecule has 0 bridgehead atoms. The summed E-state index contributed by atoms with van der Waals surface area (Å²) < 4.78 is 5.70. The van der Waals surface area contributed by atoms with Crippen molar-refractivity contribution in [1.82, 2.24) is 5.32 Å². The maximum absolute atomic E-state index is 5.70. The fourth-order valence-electron chi connectivity index (χ4n) is 1.93. The summed E-state index contributed by atoms with van der Waals surface area (Å²) in [6, 6.07) is 0.636. The van der Waals surface area contributed by atoms with E-state index in [0.717, 1.165) is 19.1 Å². The third kappa shape index (κ3) is 5.53. The largest absolute Gasteiger partial charge is 0.378 e. The molecular formula is C13H27NO. The molecule has 0 aromatic rings. The first-order chi connectivity index (χ1) is 7.20. The molecule has 0 amide bonds. The third-order valence-electron chi connectivity index (χ3n) is 3.44. The van der Waals surface area contributed by atoms with Crippen LogP contribution in [0.4, 0.5) is 0 Å². The summed E-state index contributed by atoms with van der Waals surface area (Å²) in [6.45, 7) is 8.92. The normalized spacial score (nSPS) is 24.4. The Morgan fingerprint density at radius 1 is 1.27 bits per heavy atom. The summed E-state index contributed by atoms with van der Waals surface area (Å²) >= 11 is 0. The number of hydrogen-bond acceptors (Lipinski definition) is 2. The second kappa shape index (κ2) is 7.24. The van der Waals surface area contributed by atoms with Gasteiger partial charge in [-0.1, -0.05) is 13.8 Å². The van der Waals surface area contributed by atoms with E-state index in [-0.39, 0.29) is 0 Å². The van der Waals surface area contributed by atoms with E-state index < -0.39 is 0 Å². The Bertz CT molecular complexity index is 153. The van der Waals surface area contributed by atoms with Crippen LogP contribution in [0, 0.1) is 5.92 Å². The Hall–Kier alpha value is -0.0800. The molecule has 2 nitrogen and oxygen atoms in total. The van der Waals surface area contributed by atoms with Gasteiger partial charge in [-0.05, 0) is 51.5 Å². The zero-order valence-electron chi connectivity index (χ0n) is 10.6. The highest BCUT2D eigenvalue weighted by Gasteiger charge is 2.13. The van der Waals surface area contributed by atoms with Crippen LogP contribution >= 0.6 is 0 Å². The van der Waals surface area contributed by atoms with Crippen molar-refractivity contribution in [2.75, 3.05) is 13.2 Å². The van der Waals surface area contributed by atoms with Gasteiger partial charge in [0.2, 0.25) is 0 Å². The van der Waals surface area contributed by atoms with Crippen molar-refractivity contribution in [3.05, 3.63) is 0 Å². The summed E-state index contributed by atoms with van der Waals surface area (Å²) in [4.78, 5) is 0. The average Bonchev–Trinajstić information content (AvgIpc) is 2.25. The molecule has 1 N–H and O–H groups in total. The molecule has 2 atom stereocenters. The summed E-state index contributed by atoms with van der Waals surface area (Å²) in [6.07, 6.45) is 6.94. The van der Waals surface area contributed by atoms with Gasteiger partial charge in [0.05, 0.1) is 6.10 Å².